The molecular weight excluding hydrogens is 334 g/mol. The highest BCUT2D eigenvalue weighted by Gasteiger charge is 2.12. The van der Waals surface area contributed by atoms with Crippen LogP contribution in [0.15, 0.2) is 10.7 Å². The van der Waals surface area contributed by atoms with E-state index in [1.54, 1.807) is 7.11 Å². The molecular formula is C14H22BrN5O. The van der Waals surface area contributed by atoms with Crippen molar-refractivity contribution in [1.82, 2.24) is 24.9 Å². The first-order valence-electron chi connectivity index (χ1n) is 6.93. The summed E-state index contributed by atoms with van der Waals surface area (Å²) in [4.78, 5) is 0. The molecule has 0 fully saturated rings. The number of rotatable bonds is 7. The van der Waals surface area contributed by atoms with Crippen LogP contribution in [0.25, 0.3) is 0 Å². The highest BCUT2D eigenvalue weighted by molar-refractivity contribution is 9.10. The molecule has 0 amide bonds. The number of nitrogens with one attached hydrogen (secondary N) is 1. The van der Waals surface area contributed by atoms with Gasteiger partial charge in [-0.05, 0) is 29.8 Å². The van der Waals surface area contributed by atoms with Gasteiger partial charge in [0.2, 0.25) is 0 Å². The molecule has 0 atom stereocenters. The summed E-state index contributed by atoms with van der Waals surface area (Å²) in [6.45, 7) is 7.10. The second kappa shape index (κ2) is 7.20. The summed E-state index contributed by atoms with van der Waals surface area (Å²) in [6, 6.07) is 0. The average molecular weight is 356 g/mol. The van der Waals surface area contributed by atoms with E-state index >= 15 is 0 Å². The van der Waals surface area contributed by atoms with Crippen LogP contribution >= 0.6 is 15.9 Å². The van der Waals surface area contributed by atoms with E-state index in [-0.39, 0.29) is 0 Å². The van der Waals surface area contributed by atoms with Crippen molar-refractivity contribution >= 4 is 15.9 Å². The third-order valence-electron chi connectivity index (χ3n) is 3.42. The number of ether oxygens (including phenoxy) is 1. The summed E-state index contributed by atoms with van der Waals surface area (Å²) in [5.41, 5.74) is 4.38. The van der Waals surface area contributed by atoms with Gasteiger partial charge in [0, 0.05) is 39.0 Å². The fourth-order valence-electron chi connectivity index (χ4n) is 2.22. The minimum Gasteiger partial charge on any atom is -0.383 e. The quantitative estimate of drug-likeness (QED) is 0.769. The van der Waals surface area contributed by atoms with Crippen LogP contribution in [-0.2, 0) is 24.9 Å². The number of nitrogens with zero attached hydrogens (tertiary/aromatic N) is 4. The first-order chi connectivity index (χ1) is 10.0. The number of halogens is 1. The van der Waals surface area contributed by atoms with Crippen molar-refractivity contribution < 1.29 is 4.74 Å². The highest BCUT2D eigenvalue weighted by atomic mass is 79.9. The lowest BCUT2D eigenvalue weighted by atomic mass is 10.2. The van der Waals surface area contributed by atoms with Gasteiger partial charge in [-0.1, -0.05) is 0 Å². The fraction of sp³-hybridized carbons (Fsp3) is 0.571. The summed E-state index contributed by atoms with van der Waals surface area (Å²) >= 11 is 3.59. The van der Waals surface area contributed by atoms with Gasteiger partial charge in [-0.25, -0.2) is 0 Å². The average Bonchev–Trinajstić information content (AvgIpc) is 2.90. The second-order valence-electron chi connectivity index (χ2n) is 5.08. The molecule has 0 aliphatic heterocycles. The van der Waals surface area contributed by atoms with Crippen LogP contribution in [0.4, 0.5) is 0 Å². The summed E-state index contributed by atoms with van der Waals surface area (Å²) in [5.74, 6) is 0. The third-order valence-corrected chi connectivity index (χ3v) is 4.45. The van der Waals surface area contributed by atoms with Crippen LogP contribution in [0.5, 0.6) is 0 Å². The molecule has 2 aromatic rings. The van der Waals surface area contributed by atoms with Gasteiger partial charge >= 0.3 is 0 Å². The van der Waals surface area contributed by atoms with E-state index in [9.17, 15) is 0 Å². The van der Waals surface area contributed by atoms with Crippen molar-refractivity contribution in [3.63, 3.8) is 0 Å². The molecule has 0 saturated carbocycles. The van der Waals surface area contributed by atoms with Crippen LogP contribution in [0, 0.1) is 13.8 Å². The first-order valence-corrected chi connectivity index (χ1v) is 7.72. The SMILES string of the molecule is COCCNCc1cn(Cc2c(Br)c(C)nn2C)nc1C. The first kappa shape index (κ1) is 16.2. The second-order valence-corrected chi connectivity index (χ2v) is 5.87. The molecule has 7 heteroatoms. The lowest BCUT2D eigenvalue weighted by Gasteiger charge is -2.03. The largest absolute Gasteiger partial charge is 0.383 e. The number of hydrogen-bond acceptors (Lipinski definition) is 4. The maximum atomic E-state index is 5.02. The predicted molar refractivity (Wildman–Crippen MR) is 85.3 cm³/mol. The number of methoxy groups -OCH3 is 1. The molecule has 0 bridgehead atoms. The Morgan fingerprint density at radius 3 is 2.67 bits per heavy atom. The maximum absolute atomic E-state index is 5.02. The Kier molecular flexibility index (Phi) is 5.55. The highest BCUT2D eigenvalue weighted by Crippen LogP contribution is 2.21. The Balaban J connectivity index is 2.04. The molecule has 116 valence electrons. The molecule has 2 aromatic heterocycles. The minimum absolute atomic E-state index is 0.705. The molecule has 1 N–H and O–H groups in total. The minimum atomic E-state index is 0.705. The summed E-state index contributed by atoms with van der Waals surface area (Å²) < 4.78 is 9.94. The maximum Gasteiger partial charge on any atom is 0.0839 e. The van der Waals surface area contributed by atoms with Crippen LogP contribution < -0.4 is 5.32 Å². The van der Waals surface area contributed by atoms with Crippen molar-refractivity contribution in [3.05, 3.63) is 33.3 Å². The van der Waals surface area contributed by atoms with E-state index in [4.69, 9.17) is 4.74 Å². The van der Waals surface area contributed by atoms with Gasteiger partial charge in [0.05, 0.1) is 34.7 Å². The van der Waals surface area contributed by atoms with E-state index in [2.05, 4.69) is 37.6 Å². The van der Waals surface area contributed by atoms with E-state index in [1.807, 2.05) is 30.3 Å². The Labute approximate surface area is 133 Å². The zero-order chi connectivity index (χ0) is 15.4. The van der Waals surface area contributed by atoms with E-state index in [0.29, 0.717) is 13.2 Å². The van der Waals surface area contributed by atoms with E-state index in [0.717, 1.165) is 34.6 Å². The Morgan fingerprint density at radius 1 is 1.29 bits per heavy atom. The van der Waals surface area contributed by atoms with Crippen molar-refractivity contribution in [2.24, 2.45) is 7.05 Å². The smallest absolute Gasteiger partial charge is 0.0839 e. The van der Waals surface area contributed by atoms with Crippen LogP contribution in [0.3, 0.4) is 0 Å². The van der Waals surface area contributed by atoms with E-state index < -0.39 is 0 Å². The predicted octanol–water partition coefficient (Wildman–Crippen LogP) is 1.78. The zero-order valence-corrected chi connectivity index (χ0v) is 14.6. The molecule has 0 spiro atoms. The fourth-order valence-corrected chi connectivity index (χ4v) is 2.68. The van der Waals surface area contributed by atoms with E-state index in [1.165, 1.54) is 5.56 Å². The Morgan fingerprint density at radius 2 is 2.05 bits per heavy atom. The molecule has 0 saturated heterocycles. The molecule has 21 heavy (non-hydrogen) atoms. The lowest BCUT2D eigenvalue weighted by Crippen LogP contribution is -2.18. The summed E-state index contributed by atoms with van der Waals surface area (Å²) in [7, 11) is 3.66. The third kappa shape index (κ3) is 3.93. The van der Waals surface area contributed by atoms with Gasteiger partial charge < -0.3 is 10.1 Å². The van der Waals surface area contributed by atoms with Crippen LogP contribution in [-0.4, -0.2) is 39.8 Å². The van der Waals surface area contributed by atoms with Crippen molar-refractivity contribution in [2.75, 3.05) is 20.3 Å². The Hall–Kier alpha value is -1.18. The van der Waals surface area contributed by atoms with Gasteiger partial charge in [0.25, 0.3) is 0 Å². The normalized spacial score (nSPS) is 11.3. The van der Waals surface area contributed by atoms with Crippen LogP contribution in [0.1, 0.15) is 22.6 Å². The molecule has 0 aromatic carbocycles. The van der Waals surface area contributed by atoms with Crippen molar-refractivity contribution in [3.8, 4) is 0 Å². The molecule has 6 nitrogen and oxygen atoms in total. The van der Waals surface area contributed by atoms with Crippen LogP contribution in [0.2, 0.25) is 0 Å². The lowest BCUT2D eigenvalue weighted by molar-refractivity contribution is 0.199. The monoisotopic (exact) mass is 355 g/mol. The summed E-state index contributed by atoms with van der Waals surface area (Å²) in [6.07, 6.45) is 2.09. The van der Waals surface area contributed by atoms with Gasteiger partial charge in [-0.15, -0.1) is 0 Å². The molecule has 0 aliphatic carbocycles. The topological polar surface area (TPSA) is 56.9 Å². The zero-order valence-electron chi connectivity index (χ0n) is 13.0. The molecule has 2 rings (SSSR count). The summed E-state index contributed by atoms with van der Waals surface area (Å²) in [5, 5.41) is 12.3. The standard InChI is InChI=1S/C14H22BrN5O/c1-10-12(7-16-5-6-21-4)8-20(18-10)9-13-14(15)11(2)17-19(13)3/h8,16H,5-7,9H2,1-4H3. The number of hydrogen-bond donors (Lipinski definition) is 1. The molecule has 2 heterocycles. The number of aromatic nitrogens is 4. The van der Waals surface area contributed by atoms with Gasteiger partial charge in [0.15, 0.2) is 0 Å². The Bertz CT molecular complexity index is 605. The molecule has 0 radical (unpaired) electrons. The molecule has 0 unspecified atom stereocenters. The van der Waals surface area contributed by atoms with Gasteiger partial charge in [-0.3, -0.25) is 9.36 Å². The van der Waals surface area contributed by atoms with Crippen molar-refractivity contribution in [1.29, 1.82) is 0 Å². The molecule has 0 aliphatic rings. The van der Waals surface area contributed by atoms with Gasteiger partial charge in [-0.2, -0.15) is 10.2 Å². The number of aryl methyl sites for hydroxylation is 3. The van der Waals surface area contributed by atoms with Gasteiger partial charge in [0.1, 0.15) is 0 Å². The van der Waals surface area contributed by atoms with Crippen molar-refractivity contribution in [2.45, 2.75) is 26.9 Å².